The van der Waals surface area contributed by atoms with E-state index in [0.29, 0.717) is 37.1 Å². The molecule has 0 unspecified atom stereocenters. The Labute approximate surface area is 122 Å². The second-order valence-electron chi connectivity index (χ2n) is 5.55. The number of likely N-dealkylation sites (tertiary alicyclic amines) is 1. The molecular formula is C14H19N5O2. The molecule has 1 aliphatic rings. The lowest BCUT2D eigenvalue weighted by molar-refractivity contribution is -0.127. The van der Waals surface area contributed by atoms with Crippen LogP contribution >= 0.6 is 0 Å². The van der Waals surface area contributed by atoms with E-state index in [-0.39, 0.29) is 5.91 Å². The van der Waals surface area contributed by atoms with Gasteiger partial charge >= 0.3 is 0 Å². The number of rotatable bonds is 5. The zero-order valence-corrected chi connectivity index (χ0v) is 12.3. The van der Waals surface area contributed by atoms with Crippen LogP contribution in [0.15, 0.2) is 16.9 Å². The summed E-state index contributed by atoms with van der Waals surface area (Å²) in [7, 11) is 0. The minimum absolute atomic E-state index is 0.219. The van der Waals surface area contributed by atoms with Gasteiger partial charge in [-0.1, -0.05) is 5.16 Å². The van der Waals surface area contributed by atoms with Crippen molar-refractivity contribution in [2.75, 3.05) is 13.1 Å². The lowest BCUT2D eigenvalue weighted by atomic mass is 10.3. The number of carbonyl (C=O) groups excluding carboxylic acids is 1. The molecule has 7 heteroatoms. The monoisotopic (exact) mass is 289 g/mol. The predicted molar refractivity (Wildman–Crippen MR) is 75.4 cm³/mol. The smallest absolute Gasteiger partial charge is 0.261 e. The standard InChI is InChI=1S/C14H19N5O2/c1-10(2)19-9-11(8-15-19)14-16-12(17-21-14)5-7-18-6-3-4-13(18)20/h8-10H,3-7H2,1-2H3. The molecule has 21 heavy (non-hydrogen) atoms. The SMILES string of the molecule is CC(C)n1cc(-c2nc(CCN3CCCC3=O)no2)cn1. The summed E-state index contributed by atoms with van der Waals surface area (Å²) in [6.45, 7) is 5.61. The summed E-state index contributed by atoms with van der Waals surface area (Å²) in [5, 5.41) is 8.23. The highest BCUT2D eigenvalue weighted by Crippen LogP contribution is 2.18. The Bertz CT molecular complexity index is 631. The van der Waals surface area contributed by atoms with Crippen molar-refractivity contribution >= 4 is 5.91 Å². The highest BCUT2D eigenvalue weighted by Gasteiger charge is 2.20. The third-order valence-corrected chi connectivity index (χ3v) is 3.62. The van der Waals surface area contributed by atoms with Crippen molar-refractivity contribution < 1.29 is 9.32 Å². The van der Waals surface area contributed by atoms with Gasteiger partial charge in [0.05, 0.1) is 11.8 Å². The number of amides is 1. The number of hydrogen-bond acceptors (Lipinski definition) is 5. The van der Waals surface area contributed by atoms with Gasteiger partial charge in [-0.2, -0.15) is 10.1 Å². The van der Waals surface area contributed by atoms with Crippen LogP contribution in [0.4, 0.5) is 0 Å². The van der Waals surface area contributed by atoms with E-state index in [1.807, 2.05) is 15.8 Å². The first-order valence-corrected chi connectivity index (χ1v) is 7.28. The molecule has 0 aromatic carbocycles. The minimum Gasteiger partial charge on any atom is -0.342 e. The molecule has 0 spiro atoms. The van der Waals surface area contributed by atoms with Gasteiger partial charge < -0.3 is 9.42 Å². The van der Waals surface area contributed by atoms with Gasteiger partial charge in [-0.05, 0) is 20.3 Å². The van der Waals surface area contributed by atoms with Gasteiger partial charge in [0.15, 0.2) is 5.82 Å². The molecule has 1 fully saturated rings. The second-order valence-corrected chi connectivity index (χ2v) is 5.55. The average Bonchev–Trinajstić information content (AvgIpc) is 3.16. The van der Waals surface area contributed by atoms with Crippen LogP contribution in [-0.2, 0) is 11.2 Å². The highest BCUT2D eigenvalue weighted by atomic mass is 16.5. The first-order valence-electron chi connectivity index (χ1n) is 7.28. The van der Waals surface area contributed by atoms with Gasteiger partial charge in [0.25, 0.3) is 5.89 Å². The van der Waals surface area contributed by atoms with Crippen LogP contribution in [0.3, 0.4) is 0 Å². The van der Waals surface area contributed by atoms with E-state index < -0.39 is 0 Å². The molecule has 1 saturated heterocycles. The first kappa shape index (κ1) is 13.8. The Morgan fingerprint density at radius 3 is 2.95 bits per heavy atom. The van der Waals surface area contributed by atoms with Crippen LogP contribution in [-0.4, -0.2) is 43.8 Å². The molecule has 1 aliphatic heterocycles. The van der Waals surface area contributed by atoms with Crippen molar-refractivity contribution in [1.29, 1.82) is 0 Å². The van der Waals surface area contributed by atoms with Crippen LogP contribution in [0, 0.1) is 0 Å². The molecule has 0 saturated carbocycles. The third-order valence-electron chi connectivity index (χ3n) is 3.62. The highest BCUT2D eigenvalue weighted by molar-refractivity contribution is 5.78. The van der Waals surface area contributed by atoms with E-state index in [1.54, 1.807) is 6.20 Å². The summed E-state index contributed by atoms with van der Waals surface area (Å²) in [6.07, 6.45) is 5.84. The van der Waals surface area contributed by atoms with E-state index >= 15 is 0 Å². The molecule has 112 valence electrons. The Morgan fingerprint density at radius 1 is 1.43 bits per heavy atom. The van der Waals surface area contributed by atoms with Crippen molar-refractivity contribution in [2.24, 2.45) is 0 Å². The topological polar surface area (TPSA) is 77.0 Å². The van der Waals surface area contributed by atoms with Crippen molar-refractivity contribution in [3.05, 3.63) is 18.2 Å². The van der Waals surface area contributed by atoms with Crippen LogP contribution in [0.25, 0.3) is 11.5 Å². The lowest BCUT2D eigenvalue weighted by Crippen LogP contribution is -2.27. The summed E-state index contributed by atoms with van der Waals surface area (Å²) in [4.78, 5) is 17.8. The van der Waals surface area contributed by atoms with Gasteiger partial charge in [-0.25, -0.2) is 0 Å². The van der Waals surface area contributed by atoms with Gasteiger partial charge in [-0.15, -0.1) is 0 Å². The molecule has 2 aromatic rings. The fraction of sp³-hybridized carbons (Fsp3) is 0.571. The first-order chi connectivity index (χ1) is 10.1. The molecule has 0 bridgehead atoms. The van der Waals surface area contributed by atoms with E-state index in [9.17, 15) is 4.79 Å². The number of aromatic nitrogens is 4. The van der Waals surface area contributed by atoms with Crippen LogP contribution in [0.5, 0.6) is 0 Å². The summed E-state index contributed by atoms with van der Waals surface area (Å²) >= 11 is 0. The Kier molecular flexibility index (Phi) is 3.72. The third kappa shape index (κ3) is 2.96. The zero-order valence-electron chi connectivity index (χ0n) is 12.3. The van der Waals surface area contributed by atoms with E-state index in [2.05, 4.69) is 29.1 Å². The number of carbonyl (C=O) groups is 1. The van der Waals surface area contributed by atoms with Crippen molar-refractivity contribution in [2.45, 2.75) is 39.2 Å². The molecule has 0 aliphatic carbocycles. The van der Waals surface area contributed by atoms with Crippen molar-refractivity contribution in [3.63, 3.8) is 0 Å². The molecule has 0 radical (unpaired) electrons. The summed E-state index contributed by atoms with van der Waals surface area (Å²) in [6, 6.07) is 0.294. The predicted octanol–water partition coefficient (Wildman–Crippen LogP) is 1.68. The molecule has 0 atom stereocenters. The van der Waals surface area contributed by atoms with Crippen LogP contribution in [0.2, 0.25) is 0 Å². The average molecular weight is 289 g/mol. The maximum Gasteiger partial charge on any atom is 0.261 e. The molecule has 3 heterocycles. The quantitative estimate of drug-likeness (QED) is 0.837. The van der Waals surface area contributed by atoms with Gasteiger partial charge in [0.2, 0.25) is 5.91 Å². The number of nitrogens with zero attached hydrogens (tertiary/aromatic N) is 5. The molecule has 0 N–H and O–H groups in total. The van der Waals surface area contributed by atoms with Gasteiger partial charge in [-0.3, -0.25) is 9.48 Å². The minimum atomic E-state index is 0.219. The molecule has 2 aromatic heterocycles. The number of hydrogen-bond donors (Lipinski definition) is 0. The van der Waals surface area contributed by atoms with Crippen molar-refractivity contribution in [1.82, 2.24) is 24.8 Å². The van der Waals surface area contributed by atoms with Crippen LogP contribution < -0.4 is 0 Å². The summed E-state index contributed by atoms with van der Waals surface area (Å²) < 4.78 is 7.12. The summed E-state index contributed by atoms with van der Waals surface area (Å²) in [5.74, 6) is 1.32. The molecular weight excluding hydrogens is 270 g/mol. The van der Waals surface area contributed by atoms with Crippen LogP contribution in [0.1, 0.15) is 38.6 Å². The lowest BCUT2D eigenvalue weighted by Gasteiger charge is -2.13. The molecule has 7 nitrogen and oxygen atoms in total. The van der Waals surface area contributed by atoms with E-state index in [0.717, 1.165) is 18.5 Å². The fourth-order valence-corrected chi connectivity index (χ4v) is 2.38. The van der Waals surface area contributed by atoms with E-state index in [4.69, 9.17) is 4.52 Å². The normalized spacial score (nSPS) is 15.4. The van der Waals surface area contributed by atoms with Gasteiger partial charge in [0, 0.05) is 38.2 Å². The van der Waals surface area contributed by atoms with Gasteiger partial charge in [0.1, 0.15) is 0 Å². The zero-order chi connectivity index (χ0) is 14.8. The Balaban J connectivity index is 1.64. The fourth-order valence-electron chi connectivity index (χ4n) is 2.38. The maximum atomic E-state index is 11.5. The maximum absolute atomic E-state index is 11.5. The molecule has 3 rings (SSSR count). The Hall–Kier alpha value is -2.18. The molecule has 1 amide bonds. The van der Waals surface area contributed by atoms with E-state index in [1.165, 1.54) is 0 Å². The van der Waals surface area contributed by atoms with Crippen molar-refractivity contribution in [3.8, 4) is 11.5 Å². The second kappa shape index (κ2) is 5.67. The Morgan fingerprint density at radius 2 is 2.29 bits per heavy atom. The summed E-state index contributed by atoms with van der Waals surface area (Å²) in [5.41, 5.74) is 0.819. The largest absolute Gasteiger partial charge is 0.342 e.